The van der Waals surface area contributed by atoms with Gasteiger partial charge in [0.2, 0.25) is 0 Å². The monoisotopic (exact) mass is 205 g/mol. The highest BCUT2D eigenvalue weighted by Gasteiger charge is 2.11. The van der Waals surface area contributed by atoms with E-state index in [1.54, 1.807) is 0 Å². The van der Waals surface area contributed by atoms with Crippen LogP contribution in [0.4, 0.5) is 0 Å². The summed E-state index contributed by atoms with van der Waals surface area (Å²) in [6.07, 6.45) is 2.23. The van der Waals surface area contributed by atoms with Crippen molar-refractivity contribution in [3.63, 3.8) is 0 Å². The van der Waals surface area contributed by atoms with E-state index in [0.29, 0.717) is 0 Å². The van der Waals surface area contributed by atoms with Crippen LogP contribution in [0.2, 0.25) is 0 Å². The zero-order chi connectivity index (χ0) is 10.5. The van der Waals surface area contributed by atoms with Crippen LogP contribution in [0.3, 0.4) is 0 Å². The maximum atomic E-state index is 5.61. The normalized spacial score (nSPS) is 15.0. The molecule has 0 unspecified atom stereocenters. The van der Waals surface area contributed by atoms with E-state index in [2.05, 4.69) is 30.4 Å². The highest BCUT2D eigenvalue weighted by molar-refractivity contribution is 5.36. The van der Waals surface area contributed by atoms with E-state index in [1.165, 1.54) is 16.7 Å². The summed E-state index contributed by atoms with van der Waals surface area (Å²) in [6, 6.07) is 6.54. The molecule has 82 valence electrons. The van der Waals surface area contributed by atoms with Gasteiger partial charge in [0.25, 0.3) is 0 Å². The van der Waals surface area contributed by atoms with E-state index in [9.17, 15) is 0 Å². The molecule has 0 fully saturated rings. The standard InChI is InChI=1S/C13H19NO/c1-2-8-15-10-12-5-3-4-11-9-14-7-6-13(11)12/h3-5,14H,2,6-10H2,1H3. The summed E-state index contributed by atoms with van der Waals surface area (Å²) in [6.45, 7) is 5.89. The second-order valence-corrected chi connectivity index (χ2v) is 4.03. The third-order valence-electron chi connectivity index (χ3n) is 2.84. The van der Waals surface area contributed by atoms with E-state index < -0.39 is 0 Å². The molecule has 1 aromatic rings. The summed E-state index contributed by atoms with van der Waals surface area (Å²) < 4.78 is 5.61. The van der Waals surface area contributed by atoms with Crippen molar-refractivity contribution < 1.29 is 4.74 Å². The average molecular weight is 205 g/mol. The highest BCUT2D eigenvalue weighted by atomic mass is 16.5. The number of ether oxygens (including phenoxy) is 1. The Morgan fingerprint density at radius 2 is 2.33 bits per heavy atom. The van der Waals surface area contributed by atoms with Crippen molar-refractivity contribution in [2.24, 2.45) is 0 Å². The van der Waals surface area contributed by atoms with Crippen molar-refractivity contribution in [3.8, 4) is 0 Å². The van der Waals surface area contributed by atoms with E-state index in [1.807, 2.05) is 0 Å². The van der Waals surface area contributed by atoms with Gasteiger partial charge in [-0.05, 0) is 36.1 Å². The molecule has 1 N–H and O–H groups in total. The van der Waals surface area contributed by atoms with Gasteiger partial charge in [-0.3, -0.25) is 0 Å². The summed E-state index contributed by atoms with van der Waals surface area (Å²) in [5.74, 6) is 0. The molecule has 0 saturated heterocycles. The van der Waals surface area contributed by atoms with Crippen molar-refractivity contribution >= 4 is 0 Å². The summed E-state index contributed by atoms with van der Waals surface area (Å²) in [7, 11) is 0. The maximum absolute atomic E-state index is 5.61. The van der Waals surface area contributed by atoms with Gasteiger partial charge in [-0.25, -0.2) is 0 Å². The lowest BCUT2D eigenvalue weighted by Gasteiger charge is -2.20. The quantitative estimate of drug-likeness (QED) is 0.761. The van der Waals surface area contributed by atoms with Crippen molar-refractivity contribution in [1.82, 2.24) is 5.32 Å². The van der Waals surface area contributed by atoms with Gasteiger partial charge in [-0.15, -0.1) is 0 Å². The summed E-state index contributed by atoms with van der Waals surface area (Å²) in [4.78, 5) is 0. The number of rotatable bonds is 4. The Kier molecular flexibility index (Phi) is 3.75. The average Bonchev–Trinajstić information content (AvgIpc) is 2.30. The molecule has 15 heavy (non-hydrogen) atoms. The zero-order valence-corrected chi connectivity index (χ0v) is 9.38. The highest BCUT2D eigenvalue weighted by Crippen LogP contribution is 2.19. The van der Waals surface area contributed by atoms with Crippen LogP contribution < -0.4 is 5.32 Å². The molecule has 0 spiro atoms. The van der Waals surface area contributed by atoms with Gasteiger partial charge in [0.1, 0.15) is 0 Å². The summed E-state index contributed by atoms with van der Waals surface area (Å²) >= 11 is 0. The Balaban J connectivity index is 2.09. The lowest BCUT2D eigenvalue weighted by molar-refractivity contribution is 0.121. The fourth-order valence-electron chi connectivity index (χ4n) is 2.07. The van der Waals surface area contributed by atoms with Crippen LogP contribution in [0.5, 0.6) is 0 Å². The van der Waals surface area contributed by atoms with Crippen LogP contribution >= 0.6 is 0 Å². The number of nitrogens with one attached hydrogen (secondary N) is 1. The second kappa shape index (κ2) is 5.29. The van der Waals surface area contributed by atoms with Crippen molar-refractivity contribution in [1.29, 1.82) is 0 Å². The van der Waals surface area contributed by atoms with Gasteiger partial charge in [0.15, 0.2) is 0 Å². The second-order valence-electron chi connectivity index (χ2n) is 4.03. The molecule has 0 aromatic heterocycles. The minimum atomic E-state index is 0.775. The molecular weight excluding hydrogens is 186 g/mol. The minimum absolute atomic E-state index is 0.775. The molecule has 0 saturated carbocycles. The number of hydrogen-bond donors (Lipinski definition) is 1. The Hall–Kier alpha value is -0.860. The third-order valence-corrected chi connectivity index (χ3v) is 2.84. The topological polar surface area (TPSA) is 21.3 Å². The van der Waals surface area contributed by atoms with Crippen LogP contribution in [-0.2, 0) is 24.3 Å². The first-order valence-electron chi connectivity index (χ1n) is 5.80. The van der Waals surface area contributed by atoms with Crippen molar-refractivity contribution in [3.05, 3.63) is 34.9 Å². The van der Waals surface area contributed by atoms with E-state index in [4.69, 9.17) is 4.74 Å². The molecular formula is C13H19NO. The Bertz CT molecular complexity index is 322. The van der Waals surface area contributed by atoms with Gasteiger partial charge in [-0.1, -0.05) is 25.1 Å². The van der Waals surface area contributed by atoms with Gasteiger partial charge in [-0.2, -0.15) is 0 Å². The third kappa shape index (κ3) is 2.58. The van der Waals surface area contributed by atoms with E-state index in [0.717, 1.165) is 39.1 Å². The van der Waals surface area contributed by atoms with Crippen LogP contribution in [-0.4, -0.2) is 13.2 Å². The predicted octanol–water partition coefficient (Wildman–Crippen LogP) is 2.26. The first-order chi connectivity index (χ1) is 7.42. The number of hydrogen-bond acceptors (Lipinski definition) is 2. The number of fused-ring (bicyclic) bond motifs is 1. The fraction of sp³-hybridized carbons (Fsp3) is 0.538. The SMILES string of the molecule is CCCOCc1cccc2c1CCNC2. The summed E-state index contributed by atoms with van der Waals surface area (Å²) in [5, 5.41) is 3.39. The smallest absolute Gasteiger partial charge is 0.0719 e. The van der Waals surface area contributed by atoms with Crippen molar-refractivity contribution in [2.45, 2.75) is 32.9 Å². The molecule has 0 radical (unpaired) electrons. The van der Waals surface area contributed by atoms with Gasteiger partial charge in [0, 0.05) is 13.2 Å². The Labute approximate surface area is 91.6 Å². The maximum Gasteiger partial charge on any atom is 0.0719 e. The fourth-order valence-corrected chi connectivity index (χ4v) is 2.07. The first kappa shape index (κ1) is 10.7. The molecule has 0 atom stereocenters. The van der Waals surface area contributed by atoms with Crippen LogP contribution in [0.25, 0.3) is 0 Å². The van der Waals surface area contributed by atoms with Gasteiger partial charge in [0.05, 0.1) is 6.61 Å². The molecule has 1 aromatic carbocycles. The van der Waals surface area contributed by atoms with E-state index in [-0.39, 0.29) is 0 Å². The number of benzene rings is 1. The molecule has 0 aliphatic carbocycles. The molecule has 0 amide bonds. The molecule has 2 nitrogen and oxygen atoms in total. The Morgan fingerprint density at radius 3 is 3.20 bits per heavy atom. The predicted molar refractivity (Wildman–Crippen MR) is 61.8 cm³/mol. The molecule has 1 aliphatic heterocycles. The molecule has 1 heterocycles. The van der Waals surface area contributed by atoms with Crippen LogP contribution in [0, 0.1) is 0 Å². The molecule has 2 heteroatoms. The first-order valence-corrected chi connectivity index (χ1v) is 5.80. The zero-order valence-electron chi connectivity index (χ0n) is 9.38. The van der Waals surface area contributed by atoms with Crippen LogP contribution in [0.15, 0.2) is 18.2 Å². The van der Waals surface area contributed by atoms with Gasteiger partial charge < -0.3 is 10.1 Å². The Morgan fingerprint density at radius 1 is 1.40 bits per heavy atom. The lowest BCUT2D eigenvalue weighted by atomic mass is 9.96. The molecule has 0 bridgehead atoms. The lowest BCUT2D eigenvalue weighted by Crippen LogP contribution is -2.24. The van der Waals surface area contributed by atoms with Crippen molar-refractivity contribution in [2.75, 3.05) is 13.2 Å². The van der Waals surface area contributed by atoms with Crippen LogP contribution in [0.1, 0.15) is 30.0 Å². The van der Waals surface area contributed by atoms with E-state index >= 15 is 0 Å². The minimum Gasteiger partial charge on any atom is -0.377 e. The molecule has 1 aliphatic rings. The summed E-state index contributed by atoms with van der Waals surface area (Å²) in [5.41, 5.74) is 4.33. The largest absolute Gasteiger partial charge is 0.377 e. The van der Waals surface area contributed by atoms with Gasteiger partial charge >= 0.3 is 0 Å². The molecule has 2 rings (SSSR count).